The van der Waals surface area contributed by atoms with E-state index in [0.29, 0.717) is 17.1 Å². The van der Waals surface area contributed by atoms with Crippen molar-refractivity contribution < 1.29 is 9.50 Å². The Balaban J connectivity index is 0.00000162. The smallest absolute Gasteiger partial charge is 0.251 e. The first-order chi connectivity index (χ1) is 15.5. The fourth-order valence-electron chi connectivity index (χ4n) is 4.86. The summed E-state index contributed by atoms with van der Waals surface area (Å²) in [4.78, 5) is 22.8. The van der Waals surface area contributed by atoms with Crippen LogP contribution >= 0.6 is 24.8 Å². The number of nitrogens with zero attached hydrogens (tertiary/aromatic N) is 4. The largest absolute Gasteiger partial charge is 0.382 e. The third kappa shape index (κ3) is 5.16. The summed E-state index contributed by atoms with van der Waals surface area (Å²) < 4.78 is 16.2. The summed E-state index contributed by atoms with van der Waals surface area (Å²) in [5, 5.41) is 15.0. The van der Waals surface area contributed by atoms with Gasteiger partial charge in [-0.25, -0.2) is 4.39 Å². The Morgan fingerprint density at radius 3 is 2.71 bits per heavy atom. The number of aromatic nitrogens is 3. The van der Waals surface area contributed by atoms with E-state index < -0.39 is 11.4 Å². The van der Waals surface area contributed by atoms with E-state index in [2.05, 4.69) is 26.3 Å². The van der Waals surface area contributed by atoms with E-state index in [1.807, 2.05) is 24.3 Å². The van der Waals surface area contributed by atoms with Crippen molar-refractivity contribution in [3.8, 4) is 0 Å². The minimum atomic E-state index is -1.44. The summed E-state index contributed by atoms with van der Waals surface area (Å²) in [6.07, 6.45) is 8.86. The van der Waals surface area contributed by atoms with Crippen LogP contribution in [0.3, 0.4) is 0 Å². The highest BCUT2D eigenvalue weighted by Crippen LogP contribution is 2.37. The van der Waals surface area contributed by atoms with Crippen LogP contribution in [-0.4, -0.2) is 56.8 Å². The van der Waals surface area contributed by atoms with Gasteiger partial charge in [0.25, 0.3) is 5.56 Å². The maximum absolute atomic E-state index is 14.7. The van der Waals surface area contributed by atoms with Gasteiger partial charge in [-0.05, 0) is 50.2 Å². The number of piperidine rings is 1. The lowest BCUT2D eigenvalue weighted by atomic mass is 9.93. The van der Waals surface area contributed by atoms with E-state index in [-0.39, 0.29) is 49.0 Å². The molecule has 0 aromatic carbocycles. The first-order valence-corrected chi connectivity index (χ1v) is 11.0. The number of rotatable bonds is 6. The fraction of sp³-hybridized carbons (Fsp3) is 0.375. The van der Waals surface area contributed by atoms with E-state index in [4.69, 9.17) is 0 Å². The Bertz CT molecular complexity index is 1220. The topological polar surface area (TPSA) is 83.3 Å². The number of likely N-dealkylation sites (tertiary alicyclic amines) is 1. The van der Waals surface area contributed by atoms with Crippen molar-refractivity contribution in [2.24, 2.45) is 0 Å². The van der Waals surface area contributed by atoms with Gasteiger partial charge in [-0.2, -0.15) is 0 Å². The molecule has 5 heterocycles. The number of hydrogen-bond acceptors (Lipinski definition) is 6. The zero-order chi connectivity index (χ0) is 22.1. The summed E-state index contributed by atoms with van der Waals surface area (Å²) >= 11 is 0. The Kier molecular flexibility index (Phi) is 8.43. The molecular formula is C24H28Cl2FN5O2. The van der Waals surface area contributed by atoms with Crippen molar-refractivity contribution in [2.45, 2.75) is 31.0 Å². The van der Waals surface area contributed by atoms with Crippen molar-refractivity contribution in [3.63, 3.8) is 0 Å². The molecule has 1 fully saturated rings. The molecule has 0 radical (unpaired) electrons. The van der Waals surface area contributed by atoms with Crippen LogP contribution in [0.5, 0.6) is 0 Å². The third-order valence-electron chi connectivity index (χ3n) is 6.41. The van der Waals surface area contributed by atoms with Crippen LogP contribution in [0, 0.1) is 5.82 Å². The van der Waals surface area contributed by atoms with Gasteiger partial charge in [0.1, 0.15) is 11.4 Å². The van der Waals surface area contributed by atoms with E-state index in [0.717, 1.165) is 44.4 Å². The maximum atomic E-state index is 14.7. The molecule has 2 N–H and O–H groups in total. The number of hydrogen-bond donors (Lipinski definition) is 2. The quantitative estimate of drug-likeness (QED) is 0.533. The minimum Gasteiger partial charge on any atom is -0.382 e. The van der Waals surface area contributed by atoms with Crippen LogP contribution in [0.1, 0.15) is 24.1 Å². The number of halogens is 3. The molecule has 34 heavy (non-hydrogen) atoms. The molecule has 0 unspecified atom stereocenters. The molecule has 182 valence electrons. The predicted molar refractivity (Wildman–Crippen MR) is 135 cm³/mol. The average molecular weight is 508 g/mol. The molecule has 3 aromatic heterocycles. The normalized spacial score (nSPS) is 20.4. The second-order valence-corrected chi connectivity index (χ2v) is 8.62. The zero-order valence-electron chi connectivity index (χ0n) is 18.6. The second kappa shape index (κ2) is 10.9. The Hall–Kier alpha value is -2.36. The van der Waals surface area contributed by atoms with Crippen LogP contribution in [-0.2, 0) is 12.1 Å². The molecule has 5 rings (SSSR count). The van der Waals surface area contributed by atoms with E-state index in [1.54, 1.807) is 12.3 Å². The summed E-state index contributed by atoms with van der Waals surface area (Å²) in [7, 11) is 0. The molecule has 3 aromatic rings. The van der Waals surface area contributed by atoms with Crippen molar-refractivity contribution in [2.75, 3.05) is 26.2 Å². The van der Waals surface area contributed by atoms with Gasteiger partial charge in [0.15, 0.2) is 0 Å². The van der Waals surface area contributed by atoms with Gasteiger partial charge in [0.05, 0.1) is 35.0 Å². The Morgan fingerprint density at radius 1 is 1.18 bits per heavy atom. The Labute approximate surface area is 209 Å². The van der Waals surface area contributed by atoms with E-state index in [1.165, 1.54) is 10.6 Å². The van der Waals surface area contributed by atoms with Gasteiger partial charge in [-0.1, -0.05) is 12.1 Å². The van der Waals surface area contributed by atoms with E-state index in [9.17, 15) is 14.3 Å². The first-order valence-electron chi connectivity index (χ1n) is 11.0. The van der Waals surface area contributed by atoms with Crippen molar-refractivity contribution in [1.29, 1.82) is 0 Å². The van der Waals surface area contributed by atoms with E-state index >= 15 is 0 Å². The van der Waals surface area contributed by atoms with Crippen molar-refractivity contribution in [1.82, 2.24) is 24.8 Å². The molecule has 0 bridgehead atoms. The fourth-order valence-corrected chi connectivity index (χ4v) is 4.86. The maximum Gasteiger partial charge on any atom is 0.251 e. The standard InChI is InChI=1S/C24H26FN5O2.2ClH/c25-19-14-28-20-6-7-21(31)30-16-24(32,22(19)23(20)30)15-29-12-8-18(9-13-29)27-11-3-5-17-4-1-2-10-26-17;;/h1-7,10,14,18,27,32H,8-9,11-13,15-16H2;2*1H/t24-;;/m0../s1. The highest BCUT2D eigenvalue weighted by atomic mass is 35.5. The highest BCUT2D eigenvalue weighted by molar-refractivity contribution is 5.85. The molecule has 0 spiro atoms. The van der Waals surface area contributed by atoms with Gasteiger partial charge in [-0.3, -0.25) is 19.7 Å². The lowest BCUT2D eigenvalue weighted by molar-refractivity contribution is -0.0158. The predicted octanol–water partition coefficient (Wildman–Crippen LogP) is 2.74. The molecule has 0 aliphatic carbocycles. The number of aliphatic hydroxyl groups is 1. The van der Waals surface area contributed by atoms with Crippen LogP contribution in [0.25, 0.3) is 17.1 Å². The lowest BCUT2D eigenvalue weighted by Gasteiger charge is -2.37. The van der Waals surface area contributed by atoms with Crippen molar-refractivity contribution in [3.05, 3.63) is 76.2 Å². The molecule has 0 amide bonds. The number of pyridine rings is 3. The van der Waals surface area contributed by atoms with Gasteiger partial charge in [-0.15, -0.1) is 24.8 Å². The summed E-state index contributed by atoms with van der Waals surface area (Å²) in [6, 6.07) is 9.22. The molecule has 2 aliphatic heterocycles. The van der Waals surface area contributed by atoms with Crippen LogP contribution in [0.4, 0.5) is 4.39 Å². The zero-order valence-corrected chi connectivity index (χ0v) is 20.2. The molecule has 0 saturated carbocycles. The first kappa shape index (κ1) is 26.2. The molecule has 1 saturated heterocycles. The van der Waals surface area contributed by atoms with Gasteiger partial charge in [0, 0.05) is 31.4 Å². The van der Waals surface area contributed by atoms with Crippen molar-refractivity contribution >= 4 is 41.9 Å². The van der Waals surface area contributed by atoms with Crippen LogP contribution in [0.2, 0.25) is 0 Å². The summed E-state index contributed by atoms with van der Waals surface area (Å²) in [6.45, 7) is 2.70. The monoisotopic (exact) mass is 507 g/mol. The molecular weight excluding hydrogens is 480 g/mol. The Morgan fingerprint density at radius 2 is 1.97 bits per heavy atom. The second-order valence-electron chi connectivity index (χ2n) is 8.62. The highest BCUT2D eigenvalue weighted by Gasteiger charge is 2.43. The molecule has 7 nitrogen and oxygen atoms in total. The lowest BCUT2D eigenvalue weighted by Crippen LogP contribution is -2.48. The average Bonchev–Trinajstić information content (AvgIpc) is 3.12. The van der Waals surface area contributed by atoms with Gasteiger partial charge < -0.3 is 15.0 Å². The number of β-amino-alcohol motifs (C(OH)–C–C–N with tert-alkyl or cyclic N) is 1. The van der Waals surface area contributed by atoms with Gasteiger partial charge in [0.2, 0.25) is 0 Å². The summed E-state index contributed by atoms with van der Waals surface area (Å²) in [5.74, 6) is -0.562. The summed E-state index contributed by atoms with van der Waals surface area (Å²) in [5.41, 5.74) is 0.384. The molecule has 10 heteroatoms. The third-order valence-corrected chi connectivity index (χ3v) is 6.41. The SMILES string of the molecule is Cl.Cl.O=c1ccc2ncc(F)c3c2n1C[C@@]3(O)CN1CCC(NCC=Cc2ccccn2)CC1. The number of nitrogens with one attached hydrogen (secondary N) is 1. The van der Waals surface area contributed by atoms with Crippen LogP contribution in [0.15, 0.2) is 53.6 Å². The van der Waals surface area contributed by atoms with Crippen LogP contribution < -0.4 is 10.9 Å². The molecule has 1 atom stereocenters. The van der Waals surface area contributed by atoms with Gasteiger partial charge >= 0.3 is 0 Å². The molecule has 2 aliphatic rings. The minimum absolute atomic E-state index is 0.